The Morgan fingerprint density at radius 3 is 2.19 bits per heavy atom. The third-order valence-corrected chi connectivity index (χ3v) is 6.81. The molecule has 0 spiro atoms. The summed E-state index contributed by atoms with van der Waals surface area (Å²) in [6, 6.07) is 26.3. The summed E-state index contributed by atoms with van der Waals surface area (Å²) in [5.41, 5.74) is 5.01. The first-order valence-electron chi connectivity index (χ1n) is 10.4. The van der Waals surface area contributed by atoms with Crippen LogP contribution in [0.15, 0.2) is 89.8 Å². The van der Waals surface area contributed by atoms with E-state index in [2.05, 4.69) is 16.9 Å². The Labute approximate surface area is 186 Å². The summed E-state index contributed by atoms with van der Waals surface area (Å²) in [5, 5.41) is 0. The molecule has 6 nitrogen and oxygen atoms in total. The average molecular weight is 443 g/mol. The van der Waals surface area contributed by atoms with Crippen LogP contribution < -0.4 is 4.72 Å². The molecule has 5 rings (SSSR count). The van der Waals surface area contributed by atoms with Crippen LogP contribution in [0.2, 0.25) is 0 Å². The second kappa shape index (κ2) is 8.09. The summed E-state index contributed by atoms with van der Waals surface area (Å²) in [6.45, 7) is 2.49. The molecular formula is C25H22N4O2S. The fourth-order valence-electron chi connectivity index (χ4n) is 3.73. The zero-order valence-electron chi connectivity index (χ0n) is 17.6. The molecule has 32 heavy (non-hydrogen) atoms. The predicted molar refractivity (Wildman–Crippen MR) is 127 cm³/mol. The molecule has 5 aromatic rings. The van der Waals surface area contributed by atoms with Gasteiger partial charge in [-0.15, -0.1) is 0 Å². The third kappa shape index (κ3) is 3.94. The Bertz CT molecular complexity index is 1510. The van der Waals surface area contributed by atoms with Gasteiger partial charge in [0.1, 0.15) is 11.3 Å². The quantitative estimate of drug-likeness (QED) is 0.404. The van der Waals surface area contributed by atoms with Gasteiger partial charge < -0.3 is 4.57 Å². The van der Waals surface area contributed by atoms with E-state index in [9.17, 15) is 8.42 Å². The standard InChI is InChI=1S/C25H22N4O2S/c1-18-11-13-20(14-12-18)32(30,31)28-24-17-23-25(27-22-10-6-5-9-21(22)26-23)29(24)16-15-19-7-3-2-4-8-19/h2-14,17,28H,15-16H2,1H3. The van der Waals surface area contributed by atoms with Crippen molar-refractivity contribution >= 4 is 38.0 Å². The van der Waals surface area contributed by atoms with Crippen molar-refractivity contribution in [2.24, 2.45) is 0 Å². The lowest BCUT2D eigenvalue weighted by Crippen LogP contribution is -2.16. The van der Waals surface area contributed by atoms with Crippen molar-refractivity contribution in [2.45, 2.75) is 24.8 Å². The van der Waals surface area contributed by atoms with Crippen molar-refractivity contribution in [3.05, 3.63) is 96.1 Å². The van der Waals surface area contributed by atoms with E-state index in [0.717, 1.165) is 28.6 Å². The number of aromatic nitrogens is 3. The van der Waals surface area contributed by atoms with E-state index >= 15 is 0 Å². The van der Waals surface area contributed by atoms with E-state index < -0.39 is 10.0 Å². The number of sulfonamides is 1. The molecule has 0 radical (unpaired) electrons. The second-order valence-electron chi connectivity index (χ2n) is 7.76. The van der Waals surface area contributed by atoms with Gasteiger partial charge in [0, 0.05) is 12.6 Å². The van der Waals surface area contributed by atoms with Gasteiger partial charge in [0.05, 0.1) is 15.9 Å². The van der Waals surface area contributed by atoms with Crippen molar-refractivity contribution in [3.8, 4) is 0 Å². The lowest BCUT2D eigenvalue weighted by Gasteiger charge is -2.13. The molecule has 0 amide bonds. The number of rotatable bonds is 6. The second-order valence-corrected chi connectivity index (χ2v) is 9.44. The number of hydrogen-bond acceptors (Lipinski definition) is 4. The Kier molecular flexibility index (Phi) is 5.11. The maximum atomic E-state index is 13.1. The number of hydrogen-bond donors (Lipinski definition) is 1. The van der Waals surface area contributed by atoms with E-state index in [-0.39, 0.29) is 4.90 Å². The highest BCUT2D eigenvalue weighted by Crippen LogP contribution is 2.26. The average Bonchev–Trinajstić information content (AvgIpc) is 3.12. The molecule has 0 saturated carbocycles. The van der Waals surface area contributed by atoms with Gasteiger partial charge in [-0.25, -0.2) is 18.4 Å². The monoisotopic (exact) mass is 442 g/mol. The molecule has 0 bridgehead atoms. The molecule has 7 heteroatoms. The lowest BCUT2D eigenvalue weighted by molar-refractivity contribution is 0.600. The minimum absolute atomic E-state index is 0.217. The van der Waals surface area contributed by atoms with Crippen molar-refractivity contribution in [1.82, 2.24) is 14.5 Å². The van der Waals surface area contributed by atoms with Gasteiger partial charge in [0.25, 0.3) is 10.0 Å². The minimum Gasteiger partial charge on any atom is -0.310 e. The van der Waals surface area contributed by atoms with Crippen molar-refractivity contribution in [3.63, 3.8) is 0 Å². The van der Waals surface area contributed by atoms with Crippen molar-refractivity contribution in [2.75, 3.05) is 4.72 Å². The molecule has 1 N–H and O–H groups in total. The van der Waals surface area contributed by atoms with Crippen LogP contribution in [0.5, 0.6) is 0 Å². The first-order valence-corrected chi connectivity index (χ1v) is 11.9. The number of aryl methyl sites for hydroxylation is 3. The van der Waals surface area contributed by atoms with Crippen LogP contribution in [-0.2, 0) is 23.0 Å². The van der Waals surface area contributed by atoms with Gasteiger partial charge in [-0.05, 0) is 43.2 Å². The zero-order valence-corrected chi connectivity index (χ0v) is 18.4. The zero-order chi connectivity index (χ0) is 22.1. The molecule has 0 aliphatic heterocycles. The van der Waals surface area contributed by atoms with Gasteiger partial charge in [0.2, 0.25) is 0 Å². The summed E-state index contributed by atoms with van der Waals surface area (Å²) in [6.07, 6.45) is 0.735. The molecule has 0 atom stereocenters. The highest BCUT2D eigenvalue weighted by Gasteiger charge is 2.19. The maximum absolute atomic E-state index is 13.1. The maximum Gasteiger partial charge on any atom is 0.263 e. The van der Waals surface area contributed by atoms with E-state index in [1.54, 1.807) is 30.3 Å². The molecule has 2 aromatic heterocycles. The fraction of sp³-hybridized carbons (Fsp3) is 0.120. The van der Waals surface area contributed by atoms with Crippen LogP contribution in [-0.4, -0.2) is 23.0 Å². The number of nitrogens with one attached hydrogen (secondary N) is 1. The number of para-hydroxylation sites is 2. The van der Waals surface area contributed by atoms with Gasteiger partial charge in [-0.3, -0.25) is 4.72 Å². The van der Waals surface area contributed by atoms with E-state index in [0.29, 0.717) is 23.5 Å². The smallest absolute Gasteiger partial charge is 0.263 e. The molecule has 3 aromatic carbocycles. The van der Waals surface area contributed by atoms with Gasteiger partial charge >= 0.3 is 0 Å². The van der Waals surface area contributed by atoms with Crippen LogP contribution in [0, 0.1) is 6.92 Å². The van der Waals surface area contributed by atoms with Crippen molar-refractivity contribution in [1.29, 1.82) is 0 Å². The summed E-state index contributed by atoms with van der Waals surface area (Å²) < 4.78 is 30.8. The van der Waals surface area contributed by atoms with Crippen LogP contribution in [0.1, 0.15) is 11.1 Å². The molecule has 0 aliphatic carbocycles. The van der Waals surface area contributed by atoms with Gasteiger partial charge in [-0.2, -0.15) is 0 Å². The number of benzene rings is 3. The lowest BCUT2D eigenvalue weighted by atomic mass is 10.1. The Hall–Kier alpha value is -3.71. The third-order valence-electron chi connectivity index (χ3n) is 5.44. The fourth-order valence-corrected chi connectivity index (χ4v) is 4.79. The highest BCUT2D eigenvalue weighted by molar-refractivity contribution is 7.92. The molecule has 0 fully saturated rings. The largest absolute Gasteiger partial charge is 0.310 e. The SMILES string of the molecule is Cc1ccc(S(=O)(=O)Nc2cc3nc4ccccc4nc3n2CCc2ccccc2)cc1. The summed E-state index contributed by atoms with van der Waals surface area (Å²) in [5.74, 6) is 0.451. The molecular weight excluding hydrogens is 420 g/mol. The minimum atomic E-state index is -3.76. The van der Waals surface area contributed by atoms with E-state index in [4.69, 9.17) is 9.97 Å². The normalized spacial score (nSPS) is 11.8. The summed E-state index contributed by atoms with van der Waals surface area (Å²) in [4.78, 5) is 9.72. The highest BCUT2D eigenvalue weighted by atomic mass is 32.2. The first kappa shape index (κ1) is 20.2. The molecule has 160 valence electrons. The van der Waals surface area contributed by atoms with Crippen molar-refractivity contribution < 1.29 is 8.42 Å². The molecule has 0 aliphatic rings. The van der Waals surface area contributed by atoms with Gasteiger partial charge in [0.15, 0.2) is 5.65 Å². The Morgan fingerprint density at radius 2 is 1.47 bits per heavy atom. The summed E-state index contributed by atoms with van der Waals surface area (Å²) >= 11 is 0. The molecule has 0 unspecified atom stereocenters. The van der Waals surface area contributed by atoms with Crippen LogP contribution in [0.4, 0.5) is 5.82 Å². The topological polar surface area (TPSA) is 76.9 Å². The first-order chi connectivity index (χ1) is 15.5. The predicted octanol–water partition coefficient (Wildman–Crippen LogP) is 4.94. The Morgan fingerprint density at radius 1 is 0.812 bits per heavy atom. The summed E-state index contributed by atoms with van der Waals surface area (Å²) in [7, 11) is -3.76. The van der Waals surface area contributed by atoms with Gasteiger partial charge in [-0.1, -0.05) is 60.2 Å². The van der Waals surface area contributed by atoms with Crippen LogP contribution in [0.25, 0.3) is 22.2 Å². The van der Waals surface area contributed by atoms with Crippen LogP contribution >= 0.6 is 0 Å². The number of nitrogens with zero attached hydrogens (tertiary/aromatic N) is 3. The number of fused-ring (bicyclic) bond motifs is 2. The molecule has 2 heterocycles. The van der Waals surface area contributed by atoms with E-state index in [1.165, 1.54) is 0 Å². The number of anilines is 1. The van der Waals surface area contributed by atoms with E-state index in [1.807, 2.05) is 54.0 Å². The molecule has 0 saturated heterocycles. The van der Waals surface area contributed by atoms with Crippen LogP contribution in [0.3, 0.4) is 0 Å². The Balaban J connectivity index is 1.59.